The van der Waals surface area contributed by atoms with Crippen LogP contribution in [0.5, 0.6) is 11.5 Å². The summed E-state index contributed by atoms with van der Waals surface area (Å²) in [6.07, 6.45) is 0. The SMILES string of the molecule is Nc1cc(Oc2ccccc2)ccc1I. The first-order chi connectivity index (χ1) is 7.25. The Kier molecular flexibility index (Phi) is 3.11. The van der Waals surface area contributed by atoms with Crippen molar-refractivity contribution in [1.29, 1.82) is 0 Å². The molecule has 2 aromatic rings. The van der Waals surface area contributed by atoms with Gasteiger partial charge in [-0.2, -0.15) is 0 Å². The van der Waals surface area contributed by atoms with Crippen molar-refractivity contribution in [2.24, 2.45) is 0 Å². The van der Waals surface area contributed by atoms with E-state index in [0.717, 1.165) is 20.8 Å². The van der Waals surface area contributed by atoms with Gasteiger partial charge in [0.2, 0.25) is 0 Å². The highest BCUT2D eigenvalue weighted by molar-refractivity contribution is 14.1. The maximum absolute atomic E-state index is 5.79. The van der Waals surface area contributed by atoms with Crippen molar-refractivity contribution in [3.05, 3.63) is 52.1 Å². The molecule has 0 saturated heterocycles. The molecule has 0 fully saturated rings. The summed E-state index contributed by atoms with van der Waals surface area (Å²) in [7, 11) is 0. The zero-order valence-electron chi connectivity index (χ0n) is 7.98. The molecule has 3 heteroatoms. The monoisotopic (exact) mass is 311 g/mol. The molecule has 2 aromatic carbocycles. The predicted octanol–water partition coefficient (Wildman–Crippen LogP) is 3.67. The van der Waals surface area contributed by atoms with Crippen molar-refractivity contribution in [1.82, 2.24) is 0 Å². The van der Waals surface area contributed by atoms with Crippen molar-refractivity contribution in [2.45, 2.75) is 0 Å². The van der Waals surface area contributed by atoms with E-state index < -0.39 is 0 Å². The minimum absolute atomic E-state index is 0.740. The average Bonchev–Trinajstić information content (AvgIpc) is 2.25. The molecule has 0 heterocycles. The summed E-state index contributed by atoms with van der Waals surface area (Å²) in [5.41, 5.74) is 6.53. The van der Waals surface area contributed by atoms with Gasteiger partial charge in [0.1, 0.15) is 11.5 Å². The Morgan fingerprint density at radius 1 is 0.933 bits per heavy atom. The minimum atomic E-state index is 0.740. The van der Waals surface area contributed by atoms with E-state index in [2.05, 4.69) is 22.6 Å². The van der Waals surface area contributed by atoms with E-state index in [1.165, 1.54) is 0 Å². The average molecular weight is 311 g/mol. The molecule has 0 saturated carbocycles. The quantitative estimate of drug-likeness (QED) is 0.678. The summed E-state index contributed by atoms with van der Waals surface area (Å²) in [5, 5.41) is 0. The van der Waals surface area contributed by atoms with Gasteiger partial charge in [0.15, 0.2) is 0 Å². The molecule has 76 valence electrons. The topological polar surface area (TPSA) is 35.2 Å². The van der Waals surface area contributed by atoms with Crippen LogP contribution in [0.25, 0.3) is 0 Å². The van der Waals surface area contributed by atoms with Gasteiger partial charge in [0.05, 0.1) is 0 Å². The molecule has 0 unspecified atom stereocenters. The van der Waals surface area contributed by atoms with E-state index in [1.54, 1.807) is 0 Å². The van der Waals surface area contributed by atoms with Gasteiger partial charge in [0, 0.05) is 15.3 Å². The highest BCUT2D eigenvalue weighted by atomic mass is 127. The lowest BCUT2D eigenvalue weighted by Crippen LogP contribution is -1.90. The Bertz CT molecular complexity index is 456. The standard InChI is InChI=1S/C12H10INO/c13-11-7-6-10(8-12(11)14)15-9-4-2-1-3-5-9/h1-8H,14H2. The second-order valence-electron chi connectivity index (χ2n) is 3.10. The van der Waals surface area contributed by atoms with Crippen molar-refractivity contribution in [2.75, 3.05) is 5.73 Å². The van der Waals surface area contributed by atoms with Gasteiger partial charge in [0.25, 0.3) is 0 Å². The lowest BCUT2D eigenvalue weighted by molar-refractivity contribution is 0.483. The molecule has 0 atom stereocenters. The third-order valence-corrected chi connectivity index (χ3v) is 2.93. The molecule has 0 amide bonds. The van der Waals surface area contributed by atoms with Crippen LogP contribution in [0.1, 0.15) is 0 Å². The summed E-state index contributed by atoms with van der Waals surface area (Å²) < 4.78 is 6.67. The summed E-state index contributed by atoms with van der Waals surface area (Å²) in [6.45, 7) is 0. The highest BCUT2D eigenvalue weighted by Gasteiger charge is 1.99. The van der Waals surface area contributed by atoms with Gasteiger partial charge < -0.3 is 10.5 Å². The normalized spacial score (nSPS) is 9.93. The third kappa shape index (κ3) is 2.62. The fourth-order valence-electron chi connectivity index (χ4n) is 1.21. The van der Waals surface area contributed by atoms with Gasteiger partial charge in [-0.25, -0.2) is 0 Å². The van der Waals surface area contributed by atoms with Gasteiger partial charge in [-0.1, -0.05) is 18.2 Å². The molecule has 0 aliphatic carbocycles. The molecule has 0 aromatic heterocycles. The van der Waals surface area contributed by atoms with E-state index in [-0.39, 0.29) is 0 Å². The Morgan fingerprint density at radius 3 is 2.33 bits per heavy atom. The predicted molar refractivity (Wildman–Crippen MR) is 70.1 cm³/mol. The van der Waals surface area contributed by atoms with E-state index in [1.807, 2.05) is 48.5 Å². The first-order valence-electron chi connectivity index (χ1n) is 4.53. The zero-order chi connectivity index (χ0) is 10.7. The summed E-state index contributed by atoms with van der Waals surface area (Å²) >= 11 is 2.19. The number of para-hydroxylation sites is 1. The van der Waals surface area contributed by atoms with Crippen molar-refractivity contribution >= 4 is 28.3 Å². The van der Waals surface area contributed by atoms with Gasteiger partial charge >= 0.3 is 0 Å². The Morgan fingerprint density at radius 2 is 1.67 bits per heavy atom. The number of halogens is 1. The highest BCUT2D eigenvalue weighted by Crippen LogP contribution is 2.25. The lowest BCUT2D eigenvalue weighted by Gasteiger charge is -2.06. The number of hydrogen-bond donors (Lipinski definition) is 1. The number of nitrogen functional groups attached to an aromatic ring is 1. The van der Waals surface area contributed by atoms with Gasteiger partial charge in [-0.3, -0.25) is 0 Å². The zero-order valence-corrected chi connectivity index (χ0v) is 10.1. The largest absolute Gasteiger partial charge is 0.457 e. The van der Waals surface area contributed by atoms with Crippen LogP contribution >= 0.6 is 22.6 Å². The Hall–Kier alpha value is -1.23. The van der Waals surface area contributed by atoms with Crippen LogP contribution in [-0.4, -0.2) is 0 Å². The van der Waals surface area contributed by atoms with E-state index >= 15 is 0 Å². The van der Waals surface area contributed by atoms with E-state index in [9.17, 15) is 0 Å². The van der Waals surface area contributed by atoms with Crippen LogP contribution in [-0.2, 0) is 0 Å². The lowest BCUT2D eigenvalue weighted by atomic mass is 10.3. The fourth-order valence-corrected chi connectivity index (χ4v) is 1.55. The molecule has 2 rings (SSSR count). The molecule has 0 aliphatic heterocycles. The molecule has 0 radical (unpaired) electrons. The first-order valence-corrected chi connectivity index (χ1v) is 5.61. The molecule has 2 N–H and O–H groups in total. The van der Waals surface area contributed by atoms with Crippen molar-refractivity contribution in [3.63, 3.8) is 0 Å². The van der Waals surface area contributed by atoms with Crippen LogP contribution in [0.2, 0.25) is 0 Å². The fraction of sp³-hybridized carbons (Fsp3) is 0. The van der Waals surface area contributed by atoms with Crippen molar-refractivity contribution < 1.29 is 4.74 Å². The maximum Gasteiger partial charge on any atom is 0.129 e. The number of rotatable bonds is 2. The number of nitrogens with two attached hydrogens (primary N) is 1. The molecule has 0 bridgehead atoms. The van der Waals surface area contributed by atoms with Crippen LogP contribution in [0.3, 0.4) is 0 Å². The van der Waals surface area contributed by atoms with Crippen LogP contribution < -0.4 is 10.5 Å². The third-order valence-electron chi connectivity index (χ3n) is 1.95. The second kappa shape index (κ2) is 4.53. The number of ether oxygens (including phenoxy) is 1. The summed E-state index contributed by atoms with van der Waals surface area (Å²) in [6, 6.07) is 15.3. The maximum atomic E-state index is 5.79. The number of anilines is 1. The Labute approximate surface area is 102 Å². The number of benzene rings is 2. The van der Waals surface area contributed by atoms with Gasteiger partial charge in [-0.15, -0.1) is 0 Å². The van der Waals surface area contributed by atoms with E-state index in [4.69, 9.17) is 10.5 Å². The summed E-state index contributed by atoms with van der Waals surface area (Å²) in [4.78, 5) is 0. The van der Waals surface area contributed by atoms with E-state index in [0.29, 0.717) is 0 Å². The smallest absolute Gasteiger partial charge is 0.129 e. The summed E-state index contributed by atoms with van der Waals surface area (Å²) in [5.74, 6) is 1.58. The van der Waals surface area contributed by atoms with Gasteiger partial charge in [-0.05, 0) is 46.9 Å². The molecular formula is C12H10INO. The number of hydrogen-bond acceptors (Lipinski definition) is 2. The van der Waals surface area contributed by atoms with Crippen LogP contribution in [0, 0.1) is 3.57 Å². The molecule has 15 heavy (non-hydrogen) atoms. The molecule has 0 aliphatic rings. The minimum Gasteiger partial charge on any atom is -0.457 e. The first kappa shape index (κ1) is 10.3. The molecular weight excluding hydrogens is 301 g/mol. The van der Waals surface area contributed by atoms with Crippen LogP contribution in [0.15, 0.2) is 48.5 Å². The van der Waals surface area contributed by atoms with Crippen molar-refractivity contribution in [3.8, 4) is 11.5 Å². The molecule has 2 nitrogen and oxygen atoms in total. The van der Waals surface area contributed by atoms with Crippen LogP contribution in [0.4, 0.5) is 5.69 Å². The Balaban J connectivity index is 2.22. The molecule has 0 spiro atoms. The second-order valence-corrected chi connectivity index (χ2v) is 4.26.